The molecule has 2 amide bonds. The van der Waals surface area contributed by atoms with Crippen molar-refractivity contribution >= 4 is 12.0 Å². The van der Waals surface area contributed by atoms with Gasteiger partial charge in [-0.1, -0.05) is 6.92 Å². The Morgan fingerprint density at radius 1 is 1.35 bits per heavy atom. The molecule has 1 saturated carbocycles. The predicted octanol–water partition coefficient (Wildman–Crippen LogP) is 1.98. The molecule has 0 radical (unpaired) electrons. The summed E-state index contributed by atoms with van der Waals surface area (Å²) in [5.41, 5.74) is 0. The number of terminal acetylenes is 1. The number of amides is 2. The third-order valence-corrected chi connectivity index (χ3v) is 3.94. The molecular formula is C15H24N2O3. The maximum Gasteiger partial charge on any atom is 0.315 e. The number of hydrogen-bond donors (Lipinski definition) is 3. The Hall–Kier alpha value is -1.70. The lowest BCUT2D eigenvalue weighted by molar-refractivity contribution is -0.143. The second kappa shape index (κ2) is 8.47. The van der Waals surface area contributed by atoms with Crippen LogP contribution in [0.15, 0.2) is 0 Å². The van der Waals surface area contributed by atoms with Gasteiger partial charge in [-0.05, 0) is 38.0 Å². The second-order valence-electron chi connectivity index (χ2n) is 5.42. The van der Waals surface area contributed by atoms with Crippen LogP contribution in [0.4, 0.5) is 4.79 Å². The van der Waals surface area contributed by atoms with Crippen LogP contribution in [0.2, 0.25) is 0 Å². The number of carbonyl (C=O) groups is 2. The van der Waals surface area contributed by atoms with E-state index < -0.39 is 5.97 Å². The number of carboxylic acid groups (broad SMARTS) is 1. The molecule has 0 aromatic carbocycles. The van der Waals surface area contributed by atoms with Crippen molar-refractivity contribution in [2.24, 2.45) is 11.8 Å². The van der Waals surface area contributed by atoms with E-state index >= 15 is 0 Å². The summed E-state index contributed by atoms with van der Waals surface area (Å²) in [6.07, 6.45) is 9.71. The molecule has 0 aromatic rings. The normalized spacial score (nSPS) is 23.4. The topological polar surface area (TPSA) is 78.4 Å². The first-order chi connectivity index (χ1) is 9.56. The minimum atomic E-state index is -0.700. The maximum atomic E-state index is 11.7. The van der Waals surface area contributed by atoms with E-state index in [1.807, 2.05) is 6.92 Å². The lowest BCUT2D eigenvalue weighted by atomic mass is 9.82. The Kier molecular flexibility index (Phi) is 6.92. The van der Waals surface area contributed by atoms with E-state index in [2.05, 4.69) is 16.6 Å². The zero-order valence-electron chi connectivity index (χ0n) is 12.0. The zero-order valence-corrected chi connectivity index (χ0v) is 12.0. The molecule has 0 bridgehead atoms. The van der Waals surface area contributed by atoms with E-state index in [1.54, 1.807) is 0 Å². The van der Waals surface area contributed by atoms with Crippen LogP contribution in [-0.4, -0.2) is 29.7 Å². The van der Waals surface area contributed by atoms with E-state index in [0.29, 0.717) is 31.7 Å². The summed E-state index contributed by atoms with van der Waals surface area (Å²) in [5, 5.41) is 14.6. The van der Waals surface area contributed by atoms with Crippen molar-refractivity contribution in [3.05, 3.63) is 0 Å². The number of nitrogens with one attached hydrogen (secondary N) is 2. The highest BCUT2D eigenvalue weighted by Crippen LogP contribution is 2.28. The van der Waals surface area contributed by atoms with Gasteiger partial charge in [0.25, 0.3) is 0 Å². The van der Waals surface area contributed by atoms with Gasteiger partial charge in [0.2, 0.25) is 0 Å². The van der Waals surface area contributed by atoms with Crippen molar-refractivity contribution in [1.82, 2.24) is 10.6 Å². The number of carbonyl (C=O) groups excluding carboxylic acids is 1. The Morgan fingerprint density at radius 3 is 2.50 bits per heavy atom. The highest BCUT2D eigenvalue weighted by molar-refractivity contribution is 5.74. The molecule has 1 fully saturated rings. The molecule has 0 aliphatic heterocycles. The van der Waals surface area contributed by atoms with Gasteiger partial charge in [-0.3, -0.25) is 4.79 Å². The Labute approximate surface area is 120 Å². The summed E-state index contributed by atoms with van der Waals surface area (Å²) in [7, 11) is 0. The molecule has 0 spiro atoms. The molecule has 1 rings (SSSR count). The predicted molar refractivity (Wildman–Crippen MR) is 77.1 cm³/mol. The molecule has 1 aliphatic carbocycles. The molecule has 3 N–H and O–H groups in total. The van der Waals surface area contributed by atoms with Crippen LogP contribution in [0.5, 0.6) is 0 Å². The van der Waals surface area contributed by atoms with Crippen LogP contribution >= 0.6 is 0 Å². The van der Waals surface area contributed by atoms with Gasteiger partial charge in [-0.15, -0.1) is 12.3 Å². The molecule has 0 aromatic heterocycles. The maximum absolute atomic E-state index is 11.7. The van der Waals surface area contributed by atoms with E-state index in [1.165, 1.54) is 0 Å². The molecule has 5 heteroatoms. The minimum Gasteiger partial charge on any atom is -0.481 e. The summed E-state index contributed by atoms with van der Waals surface area (Å²) in [6.45, 7) is 2.58. The van der Waals surface area contributed by atoms with Gasteiger partial charge in [-0.2, -0.15) is 0 Å². The monoisotopic (exact) mass is 280 g/mol. The fraction of sp³-hybridized carbons (Fsp3) is 0.733. The molecule has 1 atom stereocenters. The van der Waals surface area contributed by atoms with Gasteiger partial charge in [0.05, 0.1) is 5.92 Å². The number of hydrogen-bond acceptors (Lipinski definition) is 2. The van der Waals surface area contributed by atoms with E-state index in [0.717, 1.165) is 19.3 Å². The van der Waals surface area contributed by atoms with Crippen molar-refractivity contribution in [2.75, 3.05) is 6.54 Å². The van der Waals surface area contributed by atoms with Gasteiger partial charge < -0.3 is 15.7 Å². The quantitative estimate of drug-likeness (QED) is 0.651. The second-order valence-corrected chi connectivity index (χ2v) is 5.42. The highest BCUT2D eigenvalue weighted by atomic mass is 16.4. The first-order valence-electron chi connectivity index (χ1n) is 7.27. The number of urea groups is 1. The third kappa shape index (κ3) is 5.52. The SMILES string of the molecule is C#CCC(CC)NC(=O)NCC1CCC(C(=O)O)CC1. The standard InChI is InChI=1S/C15H24N2O3/c1-3-5-13(4-2)17-15(20)16-10-11-6-8-12(9-7-11)14(18)19/h1,11-13H,4-10H2,2H3,(H,18,19)(H2,16,17,20). The summed E-state index contributed by atoms with van der Waals surface area (Å²) < 4.78 is 0. The van der Waals surface area contributed by atoms with Crippen LogP contribution in [0, 0.1) is 24.2 Å². The van der Waals surface area contributed by atoms with Gasteiger partial charge in [0.15, 0.2) is 0 Å². The third-order valence-electron chi connectivity index (χ3n) is 3.94. The van der Waals surface area contributed by atoms with Crippen LogP contribution in [-0.2, 0) is 4.79 Å². The van der Waals surface area contributed by atoms with E-state index in [9.17, 15) is 9.59 Å². The lowest BCUT2D eigenvalue weighted by Crippen LogP contribution is -2.43. The zero-order chi connectivity index (χ0) is 15.0. The highest BCUT2D eigenvalue weighted by Gasteiger charge is 2.26. The fourth-order valence-corrected chi connectivity index (χ4v) is 2.53. The van der Waals surface area contributed by atoms with Crippen molar-refractivity contribution in [3.63, 3.8) is 0 Å². The molecule has 1 aliphatic rings. The van der Waals surface area contributed by atoms with E-state index in [4.69, 9.17) is 11.5 Å². The molecule has 1 unspecified atom stereocenters. The van der Waals surface area contributed by atoms with Crippen LogP contribution < -0.4 is 10.6 Å². The largest absolute Gasteiger partial charge is 0.481 e. The summed E-state index contributed by atoms with van der Waals surface area (Å²) in [6, 6.07) is -0.171. The minimum absolute atomic E-state index is 0.0164. The lowest BCUT2D eigenvalue weighted by Gasteiger charge is -2.26. The number of carboxylic acids is 1. The molecule has 5 nitrogen and oxygen atoms in total. The van der Waals surface area contributed by atoms with E-state index in [-0.39, 0.29) is 18.0 Å². The molecule has 20 heavy (non-hydrogen) atoms. The number of rotatable bonds is 6. The molecule has 0 heterocycles. The Balaban J connectivity index is 2.22. The van der Waals surface area contributed by atoms with Gasteiger partial charge in [-0.25, -0.2) is 4.79 Å². The average molecular weight is 280 g/mol. The van der Waals surface area contributed by atoms with Crippen LogP contribution in [0.25, 0.3) is 0 Å². The Bertz CT molecular complexity index is 368. The summed E-state index contributed by atoms with van der Waals surface area (Å²) in [4.78, 5) is 22.6. The van der Waals surface area contributed by atoms with Crippen molar-refractivity contribution in [2.45, 2.75) is 51.5 Å². The van der Waals surface area contributed by atoms with Crippen molar-refractivity contribution in [3.8, 4) is 12.3 Å². The Morgan fingerprint density at radius 2 is 2.00 bits per heavy atom. The molecule has 0 saturated heterocycles. The average Bonchev–Trinajstić information content (AvgIpc) is 2.45. The smallest absolute Gasteiger partial charge is 0.315 e. The van der Waals surface area contributed by atoms with Crippen LogP contribution in [0.1, 0.15) is 45.4 Å². The van der Waals surface area contributed by atoms with Crippen molar-refractivity contribution in [1.29, 1.82) is 0 Å². The van der Waals surface area contributed by atoms with Gasteiger partial charge in [0, 0.05) is 19.0 Å². The van der Waals surface area contributed by atoms with Crippen LogP contribution in [0.3, 0.4) is 0 Å². The fourth-order valence-electron chi connectivity index (χ4n) is 2.53. The first kappa shape index (κ1) is 16.4. The van der Waals surface area contributed by atoms with Crippen molar-refractivity contribution < 1.29 is 14.7 Å². The first-order valence-corrected chi connectivity index (χ1v) is 7.27. The summed E-state index contributed by atoms with van der Waals surface area (Å²) >= 11 is 0. The molecular weight excluding hydrogens is 256 g/mol. The van der Waals surface area contributed by atoms with Gasteiger partial charge >= 0.3 is 12.0 Å². The summed E-state index contributed by atoms with van der Waals surface area (Å²) in [5.74, 6) is 2.02. The number of aliphatic carboxylic acids is 1. The molecule has 112 valence electrons. The van der Waals surface area contributed by atoms with Gasteiger partial charge in [0.1, 0.15) is 0 Å².